The summed E-state index contributed by atoms with van der Waals surface area (Å²) in [6.07, 6.45) is 1.11. The van der Waals surface area contributed by atoms with Crippen LogP contribution < -0.4 is 0 Å². The van der Waals surface area contributed by atoms with Crippen LogP contribution in [0.4, 0.5) is 0 Å². The number of hydrogen-bond acceptors (Lipinski definition) is 0. The molecule has 0 aliphatic carbocycles. The number of benzene rings is 1. The van der Waals surface area contributed by atoms with Crippen molar-refractivity contribution in [2.75, 3.05) is 0 Å². The van der Waals surface area contributed by atoms with Gasteiger partial charge in [0.2, 0.25) is 0 Å². The van der Waals surface area contributed by atoms with Gasteiger partial charge in [0.05, 0.1) is 0 Å². The highest BCUT2D eigenvalue weighted by molar-refractivity contribution is 5.17. The topological polar surface area (TPSA) is 0 Å². The molecule has 0 saturated carbocycles. The maximum absolute atomic E-state index is 2.16. The zero-order chi connectivity index (χ0) is 7.40. The Labute approximate surface area is 62.9 Å². The van der Waals surface area contributed by atoms with Crippen LogP contribution in [0.2, 0.25) is 0 Å². The van der Waals surface area contributed by atoms with E-state index < -0.39 is 0 Å². The second kappa shape index (κ2) is 3.40. The van der Waals surface area contributed by atoms with Gasteiger partial charge >= 0.3 is 0 Å². The molecule has 0 heteroatoms. The molecule has 10 heavy (non-hydrogen) atoms. The normalized spacial score (nSPS) is 10.3. The zero-order valence-electron chi connectivity index (χ0n) is 6.59. The van der Waals surface area contributed by atoms with Crippen molar-refractivity contribution in [3.05, 3.63) is 41.8 Å². The lowest BCUT2D eigenvalue weighted by Gasteiger charge is -2.02. The predicted octanol–water partition coefficient (Wildman–Crippen LogP) is 2.84. The first-order valence-electron chi connectivity index (χ1n) is 3.62. The van der Waals surface area contributed by atoms with Crippen LogP contribution in [0.1, 0.15) is 19.4 Å². The molecule has 0 atom stereocenters. The summed E-state index contributed by atoms with van der Waals surface area (Å²) in [5.41, 5.74) is 1.41. The molecule has 1 aromatic carbocycles. The Morgan fingerprint density at radius 2 is 1.70 bits per heavy atom. The molecule has 1 aromatic rings. The van der Waals surface area contributed by atoms with E-state index in [1.807, 2.05) is 0 Å². The molecule has 0 fully saturated rings. The average molecular weight is 133 g/mol. The molecule has 53 valence electrons. The zero-order valence-corrected chi connectivity index (χ0v) is 6.59. The van der Waals surface area contributed by atoms with Crippen molar-refractivity contribution in [3.8, 4) is 0 Å². The lowest BCUT2D eigenvalue weighted by Crippen LogP contribution is -1.89. The van der Waals surface area contributed by atoms with Crippen LogP contribution in [0.25, 0.3) is 0 Å². The molecular formula is C10H13. The van der Waals surface area contributed by atoms with Crippen LogP contribution in [0.15, 0.2) is 30.3 Å². The molecule has 0 aromatic heterocycles. The van der Waals surface area contributed by atoms with E-state index in [-0.39, 0.29) is 0 Å². The number of rotatable bonds is 2. The van der Waals surface area contributed by atoms with Crippen molar-refractivity contribution in [2.24, 2.45) is 0 Å². The van der Waals surface area contributed by atoms with Gasteiger partial charge in [0.15, 0.2) is 0 Å². The SMILES string of the molecule is C[C](C)Cc1ccccc1. The molecular weight excluding hydrogens is 120 g/mol. The molecule has 0 bridgehead atoms. The van der Waals surface area contributed by atoms with E-state index in [9.17, 15) is 0 Å². The fourth-order valence-corrected chi connectivity index (χ4v) is 1.00. The molecule has 0 aliphatic rings. The molecule has 1 rings (SSSR count). The third-order valence-electron chi connectivity index (χ3n) is 1.40. The van der Waals surface area contributed by atoms with Crippen molar-refractivity contribution >= 4 is 0 Å². The van der Waals surface area contributed by atoms with Gasteiger partial charge in [0.25, 0.3) is 0 Å². The van der Waals surface area contributed by atoms with Gasteiger partial charge in [-0.05, 0) is 17.9 Å². The van der Waals surface area contributed by atoms with Crippen molar-refractivity contribution in [1.29, 1.82) is 0 Å². The molecule has 0 aliphatic heterocycles. The second-order valence-corrected chi connectivity index (χ2v) is 2.87. The Kier molecular flexibility index (Phi) is 2.49. The van der Waals surface area contributed by atoms with E-state index in [1.165, 1.54) is 11.5 Å². The quantitative estimate of drug-likeness (QED) is 0.582. The summed E-state index contributed by atoms with van der Waals surface area (Å²) in [4.78, 5) is 0. The summed E-state index contributed by atoms with van der Waals surface area (Å²) < 4.78 is 0. The first-order valence-corrected chi connectivity index (χ1v) is 3.62. The largest absolute Gasteiger partial charge is 0.0622 e. The third-order valence-corrected chi connectivity index (χ3v) is 1.40. The van der Waals surface area contributed by atoms with E-state index in [2.05, 4.69) is 44.2 Å². The summed E-state index contributed by atoms with van der Waals surface area (Å²) in [5, 5.41) is 0. The van der Waals surface area contributed by atoms with Gasteiger partial charge in [0, 0.05) is 0 Å². The minimum atomic E-state index is 1.11. The predicted molar refractivity (Wildman–Crippen MR) is 44.7 cm³/mol. The van der Waals surface area contributed by atoms with E-state index in [0.717, 1.165) is 6.42 Å². The van der Waals surface area contributed by atoms with E-state index in [0.29, 0.717) is 0 Å². The van der Waals surface area contributed by atoms with Gasteiger partial charge in [-0.1, -0.05) is 44.2 Å². The molecule has 0 spiro atoms. The Balaban J connectivity index is 2.59. The minimum absolute atomic E-state index is 1.11. The van der Waals surface area contributed by atoms with Crippen LogP contribution in [0, 0.1) is 5.92 Å². The van der Waals surface area contributed by atoms with Crippen LogP contribution in [0.3, 0.4) is 0 Å². The summed E-state index contributed by atoms with van der Waals surface area (Å²) in [7, 11) is 0. The highest BCUT2D eigenvalue weighted by atomic mass is 14.0. The molecule has 0 N–H and O–H groups in total. The van der Waals surface area contributed by atoms with E-state index in [1.54, 1.807) is 0 Å². The lowest BCUT2D eigenvalue weighted by molar-refractivity contribution is 0.957. The highest BCUT2D eigenvalue weighted by Gasteiger charge is 1.94. The lowest BCUT2D eigenvalue weighted by atomic mass is 10.0. The number of hydrogen-bond donors (Lipinski definition) is 0. The summed E-state index contributed by atoms with van der Waals surface area (Å²) in [6, 6.07) is 10.5. The third kappa shape index (κ3) is 2.22. The molecule has 0 amide bonds. The van der Waals surface area contributed by atoms with Gasteiger partial charge in [-0.2, -0.15) is 0 Å². The fourth-order valence-electron chi connectivity index (χ4n) is 1.00. The Morgan fingerprint density at radius 1 is 1.10 bits per heavy atom. The van der Waals surface area contributed by atoms with Gasteiger partial charge in [-0.3, -0.25) is 0 Å². The standard InChI is InChI=1S/C10H13/c1-9(2)8-10-6-4-3-5-7-10/h3-7H,8H2,1-2H3. The van der Waals surface area contributed by atoms with Gasteiger partial charge < -0.3 is 0 Å². The molecule has 0 saturated heterocycles. The Hall–Kier alpha value is -0.780. The molecule has 0 unspecified atom stereocenters. The molecule has 0 heterocycles. The van der Waals surface area contributed by atoms with Crippen LogP contribution in [0.5, 0.6) is 0 Å². The highest BCUT2D eigenvalue weighted by Crippen LogP contribution is 2.07. The smallest absolute Gasteiger partial charge is 0.0222 e. The van der Waals surface area contributed by atoms with Crippen molar-refractivity contribution in [2.45, 2.75) is 20.3 Å². The van der Waals surface area contributed by atoms with Crippen LogP contribution in [-0.4, -0.2) is 0 Å². The molecule has 1 radical (unpaired) electrons. The second-order valence-electron chi connectivity index (χ2n) is 2.87. The van der Waals surface area contributed by atoms with E-state index >= 15 is 0 Å². The average Bonchev–Trinajstić information content (AvgIpc) is 1.88. The summed E-state index contributed by atoms with van der Waals surface area (Å²) >= 11 is 0. The van der Waals surface area contributed by atoms with Gasteiger partial charge in [-0.15, -0.1) is 0 Å². The maximum atomic E-state index is 2.16. The maximum Gasteiger partial charge on any atom is -0.0222 e. The van der Waals surface area contributed by atoms with Gasteiger partial charge in [0.1, 0.15) is 0 Å². The first kappa shape index (κ1) is 7.33. The Bertz CT molecular complexity index is 174. The summed E-state index contributed by atoms with van der Waals surface area (Å²) in [6.45, 7) is 4.32. The minimum Gasteiger partial charge on any atom is -0.0622 e. The van der Waals surface area contributed by atoms with Crippen LogP contribution >= 0.6 is 0 Å². The summed E-state index contributed by atoms with van der Waals surface area (Å²) in [5.74, 6) is 1.46. The first-order chi connectivity index (χ1) is 4.79. The van der Waals surface area contributed by atoms with Crippen LogP contribution in [-0.2, 0) is 6.42 Å². The van der Waals surface area contributed by atoms with Crippen molar-refractivity contribution in [3.63, 3.8) is 0 Å². The van der Waals surface area contributed by atoms with Crippen molar-refractivity contribution in [1.82, 2.24) is 0 Å². The van der Waals surface area contributed by atoms with Crippen molar-refractivity contribution < 1.29 is 0 Å². The Morgan fingerprint density at radius 3 is 2.20 bits per heavy atom. The van der Waals surface area contributed by atoms with Gasteiger partial charge in [-0.25, -0.2) is 0 Å². The molecule has 0 nitrogen and oxygen atoms in total. The fraction of sp³-hybridized carbons (Fsp3) is 0.300. The van der Waals surface area contributed by atoms with E-state index in [4.69, 9.17) is 0 Å². The monoisotopic (exact) mass is 133 g/mol.